The van der Waals surface area contributed by atoms with Crippen LogP contribution in [0.25, 0.3) is 0 Å². The smallest absolute Gasteiger partial charge is 0.0626 e. The summed E-state index contributed by atoms with van der Waals surface area (Å²) in [5.74, 6) is 0. The van der Waals surface area contributed by atoms with Crippen molar-refractivity contribution in [1.82, 2.24) is 0 Å². The molecule has 0 nitrogen and oxygen atoms in total. The second-order valence-electron chi connectivity index (χ2n) is 0. The zero-order valence-electron chi connectivity index (χ0n) is 3.00. The normalized spacial score (nSPS) is 0. The van der Waals surface area contributed by atoms with Crippen LogP contribution in [0.2, 0.25) is 0 Å². The van der Waals surface area contributed by atoms with E-state index >= 15 is 0 Å². The molecule has 0 aliphatic heterocycles. The van der Waals surface area contributed by atoms with Crippen molar-refractivity contribution in [2.24, 2.45) is 0 Å². The van der Waals surface area contributed by atoms with Crippen molar-refractivity contribution in [2.45, 2.75) is 0 Å². The van der Waals surface area contributed by atoms with Gasteiger partial charge >= 0.3 is 56.6 Å². The SMILES string of the molecule is [BH4-].[BH4-].[BH4-].[Li+].[Li+].[Li+]. The van der Waals surface area contributed by atoms with Gasteiger partial charge in [-0.3, -0.25) is 0 Å². The second kappa shape index (κ2) is 63.4. The van der Waals surface area contributed by atoms with Crippen molar-refractivity contribution in [2.75, 3.05) is 0 Å². The van der Waals surface area contributed by atoms with E-state index in [9.17, 15) is 0 Å². The molecule has 0 N–H and O–H groups in total. The molecule has 0 radical (unpaired) electrons. The first-order valence-corrected chi connectivity index (χ1v) is 0. The molecule has 0 saturated heterocycles. The fourth-order valence-electron chi connectivity index (χ4n) is 0. The predicted molar refractivity (Wildman–Crippen MR) is 34.0 cm³/mol. The molecular formula is H12B3Li3. The van der Waals surface area contributed by atoms with Crippen LogP contribution in [0.1, 0.15) is 0 Å². The van der Waals surface area contributed by atoms with Gasteiger partial charge in [0.05, 0.1) is 0 Å². The van der Waals surface area contributed by atoms with Crippen molar-refractivity contribution >= 4 is 25.2 Å². The second-order valence-corrected chi connectivity index (χ2v) is 0. The number of rotatable bonds is 0. The topological polar surface area (TPSA) is 0 Å². The molecular weight excluding hydrogens is 53.3 g/mol. The largest absolute Gasteiger partial charge is 1.00 e. The first-order valence-electron chi connectivity index (χ1n) is 0. The molecule has 0 atom stereocenters. The third kappa shape index (κ3) is 37.7. The Balaban J connectivity index is 0. The summed E-state index contributed by atoms with van der Waals surface area (Å²) in [5.41, 5.74) is 0. The average molecular weight is 65.4 g/mol. The molecule has 6 heteroatoms. The molecule has 0 unspecified atom stereocenters. The molecule has 0 aromatic carbocycles. The van der Waals surface area contributed by atoms with Crippen LogP contribution in [0.5, 0.6) is 0 Å². The van der Waals surface area contributed by atoms with E-state index in [1.165, 1.54) is 0 Å². The summed E-state index contributed by atoms with van der Waals surface area (Å²) < 4.78 is 0. The minimum atomic E-state index is 0. The van der Waals surface area contributed by atoms with E-state index in [1.54, 1.807) is 0 Å². The molecule has 0 bridgehead atoms. The van der Waals surface area contributed by atoms with Crippen molar-refractivity contribution < 1.29 is 56.6 Å². The molecule has 0 aliphatic rings. The van der Waals surface area contributed by atoms with E-state index in [1.807, 2.05) is 0 Å². The molecule has 0 saturated carbocycles. The van der Waals surface area contributed by atoms with E-state index in [0.717, 1.165) is 0 Å². The van der Waals surface area contributed by atoms with Crippen LogP contribution in [0.3, 0.4) is 0 Å². The van der Waals surface area contributed by atoms with Crippen molar-refractivity contribution in [3.8, 4) is 0 Å². The van der Waals surface area contributed by atoms with Crippen molar-refractivity contribution in [1.29, 1.82) is 0 Å². The van der Waals surface area contributed by atoms with Gasteiger partial charge in [-0.05, 0) is 0 Å². The third-order valence-corrected chi connectivity index (χ3v) is 0. The van der Waals surface area contributed by atoms with Gasteiger partial charge in [0, 0.05) is 0 Å². The average Bonchev–Trinajstić information content (AvgIpc) is 0. The minimum Gasteiger partial charge on any atom is -0.0626 e. The maximum Gasteiger partial charge on any atom is 1.00 e. The number of hydrogen-bond donors (Lipinski definition) is 0. The molecule has 0 aromatic heterocycles. The summed E-state index contributed by atoms with van der Waals surface area (Å²) >= 11 is 0. The fraction of sp³-hybridized carbons (Fsp3) is 0. The van der Waals surface area contributed by atoms with Gasteiger partial charge in [-0.1, -0.05) is 25.2 Å². The quantitative estimate of drug-likeness (QED) is 0.246. The Bertz CT molecular complexity index is 6.00. The minimum absolute atomic E-state index is 0. The maximum absolute atomic E-state index is 0. The fourth-order valence-corrected chi connectivity index (χ4v) is 0. The summed E-state index contributed by atoms with van der Waals surface area (Å²) in [6.07, 6.45) is 0. The molecule has 24 valence electrons. The molecule has 0 spiro atoms. The predicted octanol–water partition coefficient (Wildman–Crippen LogP) is -13.3. The Morgan fingerprint density at radius 1 is 0.333 bits per heavy atom. The molecule has 0 rings (SSSR count). The monoisotopic (exact) mass is 66.2 g/mol. The Hall–Kier alpha value is 1.99. The van der Waals surface area contributed by atoms with Crippen LogP contribution in [0.4, 0.5) is 0 Å². The maximum atomic E-state index is 0. The van der Waals surface area contributed by atoms with E-state index < -0.39 is 0 Å². The van der Waals surface area contributed by atoms with Crippen LogP contribution < -0.4 is 56.6 Å². The Morgan fingerprint density at radius 2 is 0.333 bits per heavy atom. The van der Waals surface area contributed by atoms with Crippen molar-refractivity contribution in [3.63, 3.8) is 0 Å². The zero-order valence-corrected chi connectivity index (χ0v) is 3.00. The summed E-state index contributed by atoms with van der Waals surface area (Å²) in [4.78, 5) is 0. The summed E-state index contributed by atoms with van der Waals surface area (Å²) in [7, 11) is 0. The molecule has 0 amide bonds. The van der Waals surface area contributed by atoms with E-state index in [4.69, 9.17) is 0 Å². The third-order valence-electron chi connectivity index (χ3n) is 0. The molecule has 0 aliphatic carbocycles. The standard InChI is InChI=1S/3BH4.3Li/h3*1H4;;;/q3*-1;3*+1. The van der Waals surface area contributed by atoms with Gasteiger partial charge in [-0.2, -0.15) is 0 Å². The van der Waals surface area contributed by atoms with Gasteiger partial charge in [0.2, 0.25) is 0 Å². The van der Waals surface area contributed by atoms with Gasteiger partial charge in [-0.15, -0.1) is 0 Å². The van der Waals surface area contributed by atoms with Gasteiger partial charge in [0.1, 0.15) is 0 Å². The zero-order chi connectivity index (χ0) is 0. The van der Waals surface area contributed by atoms with Crippen LogP contribution in [-0.4, -0.2) is 25.2 Å². The molecule has 0 aromatic rings. The Kier molecular flexibility index (Phi) is 1040. The Morgan fingerprint density at radius 3 is 0.333 bits per heavy atom. The van der Waals surface area contributed by atoms with Gasteiger partial charge in [0.25, 0.3) is 0 Å². The van der Waals surface area contributed by atoms with Crippen molar-refractivity contribution in [3.05, 3.63) is 0 Å². The molecule has 0 heterocycles. The summed E-state index contributed by atoms with van der Waals surface area (Å²) in [5, 5.41) is 0. The molecule has 0 fully saturated rings. The van der Waals surface area contributed by atoms with E-state index in [2.05, 4.69) is 0 Å². The van der Waals surface area contributed by atoms with E-state index in [-0.39, 0.29) is 81.8 Å². The van der Waals surface area contributed by atoms with Gasteiger partial charge in [-0.25, -0.2) is 0 Å². The van der Waals surface area contributed by atoms with Gasteiger partial charge in [0.15, 0.2) is 0 Å². The van der Waals surface area contributed by atoms with Crippen LogP contribution in [0, 0.1) is 0 Å². The summed E-state index contributed by atoms with van der Waals surface area (Å²) in [6, 6.07) is 0. The van der Waals surface area contributed by atoms with E-state index in [0.29, 0.717) is 0 Å². The van der Waals surface area contributed by atoms with Crippen LogP contribution >= 0.6 is 0 Å². The van der Waals surface area contributed by atoms with Crippen LogP contribution in [-0.2, 0) is 0 Å². The van der Waals surface area contributed by atoms with Gasteiger partial charge < -0.3 is 0 Å². The first-order chi connectivity index (χ1) is 0. The Labute approximate surface area is 81.2 Å². The number of hydrogen-bond acceptors (Lipinski definition) is 0. The summed E-state index contributed by atoms with van der Waals surface area (Å²) in [6.45, 7) is 0. The first kappa shape index (κ1) is 98.8. The molecule has 6 heavy (non-hydrogen) atoms. The van der Waals surface area contributed by atoms with Crippen LogP contribution in [0.15, 0.2) is 0 Å².